The molecule has 2 N–H and O–H groups in total. The molecule has 7 nitrogen and oxygen atoms in total. The highest BCUT2D eigenvalue weighted by atomic mass is 16.5. The number of rotatable bonds is 3. The van der Waals surface area contributed by atoms with Crippen LogP contribution < -0.4 is 5.73 Å². The van der Waals surface area contributed by atoms with Crippen LogP contribution in [-0.2, 0) is 4.74 Å². The number of ether oxygens (including phenoxy) is 1. The summed E-state index contributed by atoms with van der Waals surface area (Å²) < 4.78 is 11.0. The van der Waals surface area contributed by atoms with Crippen molar-refractivity contribution in [3.8, 4) is 0 Å². The molecule has 1 unspecified atom stereocenters. The highest BCUT2D eigenvalue weighted by Crippen LogP contribution is 2.38. The number of nitrogen functional groups attached to an aromatic ring is 1. The minimum absolute atomic E-state index is 0.162. The molecule has 2 aromatic heterocycles. The number of hydrogen-bond acceptors (Lipinski definition) is 6. The second-order valence-corrected chi connectivity index (χ2v) is 5.93. The van der Waals surface area contributed by atoms with E-state index in [0.717, 1.165) is 24.4 Å². The first-order valence-corrected chi connectivity index (χ1v) is 7.79. The molecule has 1 saturated carbocycles. The molecule has 2 aromatic rings. The Labute approximate surface area is 133 Å². The zero-order valence-electron chi connectivity index (χ0n) is 12.6. The maximum Gasteiger partial charge on any atom is 0.259 e. The summed E-state index contributed by atoms with van der Waals surface area (Å²) in [4.78, 5) is 23.0. The van der Waals surface area contributed by atoms with Crippen molar-refractivity contribution in [2.45, 2.75) is 24.9 Å². The van der Waals surface area contributed by atoms with Gasteiger partial charge in [0.2, 0.25) is 0 Å². The molecule has 0 aromatic carbocycles. The van der Waals surface area contributed by atoms with E-state index in [1.165, 1.54) is 0 Å². The maximum atomic E-state index is 12.7. The monoisotopic (exact) mass is 314 g/mol. The number of anilines is 1. The van der Waals surface area contributed by atoms with Crippen LogP contribution in [0.25, 0.3) is 0 Å². The van der Waals surface area contributed by atoms with E-state index < -0.39 is 0 Å². The smallest absolute Gasteiger partial charge is 0.259 e. The van der Waals surface area contributed by atoms with Crippen LogP contribution in [0.4, 0.5) is 5.82 Å². The van der Waals surface area contributed by atoms with Crippen LogP contribution in [0.1, 0.15) is 46.8 Å². The number of aromatic nitrogens is 2. The number of carbonyl (C=O) groups excluding carboxylic acids is 1. The molecular formula is C16H18N4O3. The molecular weight excluding hydrogens is 296 g/mol. The van der Waals surface area contributed by atoms with Gasteiger partial charge in [0.05, 0.1) is 19.4 Å². The number of amides is 1. The quantitative estimate of drug-likeness (QED) is 0.927. The van der Waals surface area contributed by atoms with Crippen molar-refractivity contribution in [2.24, 2.45) is 0 Å². The van der Waals surface area contributed by atoms with Gasteiger partial charge in [-0.05, 0) is 25.0 Å². The largest absolute Gasteiger partial charge is 0.467 e. The first-order valence-electron chi connectivity index (χ1n) is 7.79. The van der Waals surface area contributed by atoms with E-state index in [9.17, 15) is 4.79 Å². The molecule has 1 amide bonds. The Kier molecular flexibility index (Phi) is 3.49. The molecule has 1 saturated heterocycles. The third-order valence-corrected chi connectivity index (χ3v) is 4.22. The summed E-state index contributed by atoms with van der Waals surface area (Å²) in [6.07, 6.45) is 5.09. The lowest BCUT2D eigenvalue weighted by molar-refractivity contribution is -0.0321. The Bertz CT molecular complexity index is 712. The second-order valence-electron chi connectivity index (χ2n) is 5.93. The average Bonchev–Trinajstić information content (AvgIpc) is 3.28. The fourth-order valence-corrected chi connectivity index (χ4v) is 2.76. The average molecular weight is 314 g/mol. The van der Waals surface area contributed by atoms with E-state index in [1.807, 2.05) is 12.1 Å². The van der Waals surface area contributed by atoms with E-state index in [1.54, 1.807) is 17.4 Å². The number of furan rings is 1. The van der Waals surface area contributed by atoms with Gasteiger partial charge >= 0.3 is 0 Å². The highest BCUT2D eigenvalue weighted by molar-refractivity contribution is 5.98. The summed E-state index contributed by atoms with van der Waals surface area (Å²) in [7, 11) is 0. The summed E-state index contributed by atoms with van der Waals surface area (Å²) in [5.74, 6) is 1.97. The Morgan fingerprint density at radius 3 is 2.96 bits per heavy atom. The Balaban J connectivity index is 1.51. The number of carbonyl (C=O) groups is 1. The minimum atomic E-state index is -0.254. The summed E-state index contributed by atoms with van der Waals surface area (Å²) >= 11 is 0. The van der Waals surface area contributed by atoms with Crippen molar-refractivity contribution < 1.29 is 13.9 Å². The lowest BCUT2D eigenvalue weighted by Crippen LogP contribution is -2.42. The zero-order chi connectivity index (χ0) is 15.8. The molecule has 0 radical (unpaired) electrons. The Hall–Kier alpha value is -2.41. The normalized spacial score (nSPS) is 21.4. The molecule has 23 heavy (non-hydrogen) atoms. The van der Waals surface area contributed by atoms with E-state index in [4.69, 9.17) is 14.9 Å². The minimum Gasteiger partial charge on any atom is -0.467 e. The van der Waals surface area contributed by atoms with Gasteiger partial charge in [0.15, 0.2) is 0 Å². The molecule has 120 valence electrons. The first kappa shape index (κ1) is 14.2. The molecule has 1 aliphatic carbocycles. The van der Waals surface area contributed by atoms with Gasteiger partial charge in [-0.2, -0.15) is 0 Å². The van der Waals surface area contributed by atoms with Crippen molar-refractivity contribution in [3.05, 3.63) is 41.7 Å². The van der Waals surface area contributed by atoms with Crippen molar-refractivity contribution in [1.82, 2.24) is 14.9 Å². The van der Waals surface area contributed by atoms with Gasteiger partial charge in [-0.1, -0.05) is 0 Å². The van der Waals surface area contributed by atoms with Gasteiger partial charge in [-0.3, -0.25) is 4.79 Å². The fraction of sp³-hybridized carbons (Fsp3) is 0.438. The van der Waals surface area contributed by atoms with Crippen molar-refractivity contribution in [3.63, 3.8) is 0 Å². The van der Waals surface area contributed by atoms with Crippen LogP contribution in [0.5, 0.6) is 0 Å². The van der Waals surface area contributed by atoms with E-state index in [2.05, 4.69) is 9.97 Å². The number of hydrogen-bond donors (Lipinski definition) is 1. The SMILES string of the molecule is Nc1nc(C2CC2)ncc1C(=O)N1CCOC(c2ccco2)C1. The van der Waals surface area contributed by atoms with Crippen LogP contribution >= 0.6 is 0 Å². The van der Waals surface area contributed by atoms with Crippen molar-refractivity contribution in [2.75, 3.05) is 25.4 Å². The summed E-state index contributed by atoms with van der Waals surface area (Å²) in [6.45, 7) is 1.40. The topological polar surface area (TPSA) is 94.5 Å². The summed E-state index contributed by atoms with van der Waals surface area (Å²) in [5, 5.41) is 0. The number of nitrogens with zero attached hydrogens (tertiary/aromatic N) is 3. The van der Waals surface area contributed by atoms with Gasteiger partial charge in [-0.15, -0.1) is 0 Å². The van der Waals surface area contributed by atoms with Crippen molar-refractivity contribution in [1.29, 1.82) is 0 Å². The van der Waals surface area contributed by atoms with E-state index in [-0.39, 0.29) is 17.8 Å². The van der Waals surface area contributed by atoms with E-state index >= 15 is 0 Å². The Morgan fingerprint density at radius 2 is 2.26 bits per heavy atom. The standard InChI is InChI=1S/C16H18N4O3/c17-14-11(8-18-15(19-14)10-3-4-10)16(21)20-5-7-23-13(9-20)12-2-1-6-22-12/h1-2,6,8,10,13H,3-5,7,9H2,(H2,17,18,19). The molecule has 4 rings (SSSR count). The second kappa shape index (κ2) is 5.66. The lowest BCUT2D eigenvalue weighted by Gasteiger charge is -2.32. The third-order valence-electron chi connectivity index (χ3n) is 4.22. The molecule has 7 heteroatoms. The van der Waals surface area contributed by atoms with Crippen molar-refractivity contribution >= 4 is 11.7 Å². The van der Waals surface area contributed by atoms with Gasteiger partial charge in [-0.25, -0.2) is 9.97 Å². The zero-order valence-corrected chi connectivity index (χ0v) is 12.6. The fourth-order valence-electron chi connectivity index (χ4n) is 2.76. The molecule has 1 aliphatic heterocycles. The molecule has 3 heterocycles. The van der Waals surface area contributed by atoms with Crippen LogP contribution in [0.2, 0.25) is 0 Å². The number of nitrogens with two attached hydrogens (primary N) is 1. The highest BCUT2D eigenvalue weighted by Gasteiger charge is 2.31. The maximum absolute atomic E-state index is 12.7. The van der Waals surface area contributed by atoms with Crippen LogP contribution in [0.15, 0.2) is 29.0 Å². The van der Waals surface area contributed by atoms with Crippen LogP contribution in [0, 0.1) is 0 Å². The molecule has 0 bridgehead atoms. The summed E-state index contributed by atoms with van der Waals surface area (Å²) in [6, 6.07) is 3.66. The molecule has 2 aliphatic rings. The molecule has 1 atom stereocenters. The van der Waals surface area contributed by atoms with Crippen LogP contribution in [0.3, 0.4) is 0 Å². The van der Waals surface area contributed by atoms with Gasteiger partial charge < -0.3 is 19.8 Å². The lowest BCUT2D eigenvalue weighted by atomic mass is 10.2. The third kappa shape index (κ3) is 2.79. The van der Waals surface area contributed by atoms with Gasteiger partial charge in [0.25, 0.3) is 5.91 Å². The predicted molar refractivity (Wildman–Crippen MR) is 81.7 cm³/mol. The van der Waals surface area contributed by atoms with Gasteiger partial charge in [0, 0.05) is 18.7 Å². The first-order chi connectivity index (χ1) is 11.2. The van der Waals surface area contributed by atoms with Crippen LogP contribution in [-0.4, -0.2) is 40.5 Å². The van der Waals surface area contributed by atoms with E-state index in [0.29, 0.717) is 31.2 Å². The van der Waals surface area contributed by atoms with Gasteiger partial charge in [0.1, 0.15) is 29.1 Å². The number of morpholine rings is 1. The summed E-state index contributed by atoms with van der Waals surface area (Å²) in [5.41, 5.74) is 6.33. The molecule has 2 fully saturated rings. The molecule has 0 spiro atoms. The Morgan fingerprint density at radius 1 is 1.39 bits per heavy atom. The predicted octanol–water partition coefficient (Wildman–Crippen LogP) is 1.74.